The quantitative estimate of drug-likeness (QED) is 0.476. The molecule has 150 valence electrons. The Hall–Kier alpha value is -2.07. The molecule has 1 amide bonds. The van der Waals surface area contributed by atoms with E-state index in [4.69, 9.17) is 0 Å². The second kappa shape index (κ2) is 9.42. The molecule has 2 rings (SSSR count). The molecule has 11 nitrogen and oxygen atoms in total. The second-order valence-corrected chi connectivity index (χ2v) is 6.16. The summed E-state index contributed by atoms with van der Waals surface area (Å²) < 4.78 is 73.5. The van der Waals surface area contributed by atoms with Crippen LogP contribution in [0.25, 0.3) is 4.72 Å². The maximum absolute atomic E-state index is 12.4. The summed E-state index contributed by atoms with van der Waals surface area (Å²) in [7, 11) is -2.60. The molecule has 0 aliphatic carbocycles. The molecule has 1 heterocycles. The first kappa shape index (κ1) is 25.9. The molecule has 0 saturated carbocycles. The van der Waals surface area contributed by atoms with Gasteiger partial charge in [0.1, 0.15) is 10.6 Å². The van der Waals surface area contributed by atoms with Gasteiger partial charge in [0.15, 0.2) is 6.03 Å². The van der Waals surface area contributed by atoms with Gasteiger partial charge in [0.05, 0.1) is 7.11 Å². The van der Waals surface area contributed by atoms with E-state index in [0.717, 1.165) is 35.9 Å². The molecule has 2 aromatic rings. The molecule has 1 aromatic carbocycles. The van der Waals surface area contributed by atoms with Crippen molar-refractivity contribution in [2.24, 2.45) is 7.05 Å². The number of methoxy groups -OCH3 is 1. The van der Waals surface area contributed by atoms with Crippen molar-refractivity contribution in [3.63, 3.8) is 0 Å². The summed E-state index contributed by atoms with van der Waals surface area (Å²) in [6, 6.07) is 1.74. The van der Waals surface area contributed by atoms with Gasteiger partial charge < -0.3 is 19.7 Å². The number of amides is 1. The first-order valence-corrected chi connectivity index (χ1v) is 7.97. The maximum atomic E-state index is 12.4. The Kier molecular flexibility index (Phi) is 8.72. The van der Waals surface area contributed by atoms with Crippen LogP contribution >= 0.6 is 0 Å². The average Bonchev–Trinajstić information content (AvgIpc) is 2.81. The summed E-state index contributed by atoms with van der Waals surface area (Å²) in [6.07, 6.45) is -5.17. The van der Waals surface area contributed by atoms with Crippen molar-refractivity contribution in [1.82, 2.24) is 14.3 Å². The van der Waals surface area contributed by atoms with E-state index in [0.29, 0.717) is 0 Å². The zero-order valence-corrected chi connectivity index (χ0v) is 17.4. The number of hydrogen-bond acceptors (Lipinski definition) is 7. The number of aromatic nitrogens is 3. The SMILES string of the molecule is COc1nn(C(=O)[N-]S(=O)(=O)c2ccccc2OC(F)(F)F)c(=O)n1C.O.[Na+]. The second-order valence-electron chi connectivity index (χ2n) is 4.58. The molecule has 0 unspecified atom stereocenters. The van der Waals surface area contributed by atoms with Crippen LogP contribution in [0, 0.1) is 0 Å². The van der Waals surface area contributed by atoms with Crippen LogP contribution in [0.3, 0.4) is 0 Å². The van der Waals surface area contributed by atoms with E-state index in [1.54, 1.807) is 0 Å². The molecule has 0 spiro atoms. The minimum Gasteiger partial charge on any atom is -0.468 e. The van der Waals surface area contributed by atoms with Gasteiger partial charge in [-0.15, -0.1) is 13.2 Å². The first-order chi connectivity index (χ1) is 12.0. The topological polar surface area (TPSA) is 155 Å². The fourth-order valence-electron chi connectivity index (χ4n) is 1.78. The Morgan fingerprint density at radius 3 is 2.32 bits per heavy atom. The molecule has 0 bridgehead atoms. The number of para-hydroxylation sites is 1. The number of sulfonamides is 1. The fraction of sp³-hybridized carbons (Fsp3) is 0.250. The van der Waals surface area contributed by atoms with Crippen molar-refractivity contribution in [3.05, 3.63) is 39.5 Å². The Morgan fingerprint density at radius 2 is 1.82 bits per heavy atom. The van der Waals surface area contributed by atoms with Gasteiger partial charge in [-0.25, -0.2) is 8.42 Å². The van der Waals surface area contributed by atoms with E-state index in [1.165, 1.54) is 7.05 Å². The summed E-state index contributed by atoms with van der Waals surface area (Å²) >= 11 is 0. The Balaban J connectivity index is 0.00000364. The summed E-state index contributed by atoms with van der Waals surface area (Å²) in [5.74, 6) is -1.08. The fourth-order valence-corrected chi connectivity index (χ4v) is 2.78. The number of alkyl halides is 3. The molecule has 0 fully saturated rings. The van der Waals surface area contributed by atoms with E-state index < -0.39 is 38.8 Å². The molecular formula is C12H12F3N4NaO7S. The Morgan fingerprint density at radius 1 is 1.25 bits per heavy atom. The van der Waals surface area contributed by atoms with Gasteiger partial charge in [0, 0.05) is 7.05 Å². The molecule has 0 saturated heterocycles. The van der Waals surface area contributed by atoms with Crippen LogP contribution in [-0.4, -0.2) is 47.7 Å². The molecule has 0 aliphatic heterocycles. The van der Waals surface area contributed by atoms with Crippen molar-refractivity contribution < 1.29 is 70.9 Å². The van der Waals surface area contributed by atoms with Crippen molar-refractivity contribution in [2.75, 3.05) is 7.11 Å². The molecular weight excluding hydrogens is 424 g/mol. The Bertz CT molecular complexity index is 1000. The zero-order chi connectivity index (χ0) is 19.7. The minimum atomic E-state index is -5.17. The van der Waals surface area contributed by atoms with Crippen molar-refractivity contribution in [1.29, 1.82) is 0 Å². The number of rotatable bonds is 4. The summed E-state index contributed by atoms with van der Waals surface area (Å²) in [5, 5.41) is 3.41. The number of halogens is 3. The van der Waals surface area contributed by atoms with Gasteiger partial charge in [-0.05, 0) is 12.1 Å². The van der Waals surface area contributed by atoms with Crippen LogP contribution in [-0.2, 0) is 17.1 Å². The monoisotopic (exact) mass is 436 g/mol. The van der Waals surface area contributed by atoms with Crippen molar-refractivity contribution in [2.45, 2.75) is 11.3 Å². The minimum absolute atomic E-state index is 0. The number of benzene rings is 1. The molecule has 0 radical (unpaired) electrons. The van der Waals surface area contributed by atoms with Gasteiger partial charge >= 0.3 is 35.9 Å². The third-order valence-corrected chi connectivity index (χ3v) is 4.15. The largest absolute Gasteiger partial charge is 1.00 e. The molecule has 16 heteroatoms. The van der Waals surface area contributed by atoms with Gasteiger partial charge in [0.25, 0.3) is 11.7 Å². The molecule has 0 aliphatic rings. The standard InChI is InChI=1S/C12H11F3N4O6S.Na.H2O/c1-18-10(24-2)16-19(11(18)21)9(20)17-26(22,23)8-6-4-3-5-7(8)25-12(13,14)15;;/h3-6H,1-2H3,(H,17,20);;1H2/q;+1;/p-1. The Labute approximate surface area is 177 Å². The number of carbonyl (C=O) groups excluding carboxylic acids is 1. The van der Waals surface area contributed by atoms with Gasteiger partial charge in [-0.2, -0.15) is 5.10 Å². The van der Waals surface area contributed by atoms with Crippen molar-refractivity contribution in [3.8, 4) is 11.8 Å². The van der Waals surface area contributed by atoms with Gasteiger partial charge in [0.2, 0.25) is 10.0 Å². The number of carbonyl (C=O) groups is 1. The molecule has 1 aromatic heterocycles. The van der Waals surface area contributed by atoms with E-state index in [-0.39, 0.29) is 45.7 Å². The van der Waals surface area contributed by atoms with E-state index in [2.05, 4.69) is 19.3 Å². The van der Waals surface area contributed by atoms with Crippen LogP contribution in [0.15, 0.2) is 34.0 Å². The third kappa shape index (κ3) is 5.71. The van der Waals surface area contributed by atoms with E-state index >= 15 is 0 Å². The number of hydrogen-bond donors (Lipinski definition) is 0. The molecule has 2 N–H and O–H groups in total. The van der Waals surface area contributed by atoms with Crippen LogP contribution in [0.2, 0.25) is 0 Å². The molecule has 28 heavy (non-hydrogen) atoms. The average molecular weight is 436 g/mol. The predicted octanol–water partition coefficient (Wildman–Crippen LogP) is -2.60. The normalized spacial score (nSPS) is 11.0. The van der Waals surface area contributed by atoms with E-state index in [9.17, 15) is 31.2 Å². The maximum Gasteiger partial charge on any atom is 1.00 e. The van der Waals surface area contributed by atoms with Crippen LogP contribution < -0.4 is 44.7 Å². The van der Waals surface area contributed by atoms with E-state index in [1.807, 2.05) is 0 Å². The summed E-state index contributed by atoms with van der Waals surface area (Å²) in [5.41, 5.74) is -1.06. The smallest absolute Gasteiger partial charge is 0.468 e. The van der Waals surface area contributed by atoms with Crippen LogP contribution in [0.4, 0.5) is 18.0 Å². The van der Waals surface area contributed by atoms with Gasteiger partial charge in [-0.1, -0.05) is 12.1 Å². The first-order valence-electron chi connectivity index (χ1n) is 6.53. The van der Waals surface area contributed by atoms with Crippen molar-refractivity contribution >= 4 is 16.1 Å². The van der Waals surface area contributed by atoms with Crippen LogP contribution in [0.5, 0.6) is 11.8 Å². The number of nitrogens with zero attached hydrogens (tertiary/aromatic N) is 4. The predicted molar refractivity (Wildman–Crippen MR) is 82.1 cm³/mol. The van der Waals surface area contributed by atoms with Crippen LogP contribution in [0.1, 0.15) is 0 Å². The zero-order valence-electron chi connectivity index (χ0n) is 14.6. The third-order valence-electron chi connectivity index (χ3n) is 2.86. The number of ether oxygens (including phenoxy) is 2. The molecule has 0 atom stereocenters. The van der Waals surface area contributed by atoms with Gasteiger partial charge in [-0.3, -0.25) is 18.8 Å². The summed E-state index contributed by atoms with van der Waals surface area (Å²) in [4.78, 5) is 22.7. The summed E-state index contributed by atoms with van der Waals surface area (Å²) in [6.45, 7) is 0.